The zero-order valence-electron chi connectivity index (χ0n) is 14.1. The van der Waals surface area contributed by atoms with Gasteiger partial charge in [-0.2, -0.15) is 5.26 Å². The smallest absolute Gasteiger partial charge is 0.152 e. The quantitative estimate of drug-likeness (QED) is 0.893. The van der Waals surface area contributed by atoms with Gasteiger partial charge in [-0.05, 0) is 37.6 Å². The number of aryl methyl sites for hydroxylation is 1. The minimum Gasteiger partial charge on any atom is -0.355 e. The Hall–Kier alpha value is -2.66. The first-order valence-electron chi connectivity index (χ1n) is 7.92. The minimum absolute atomic E-state index is 0.0675. The van der Waals surface area contributed by atoms with Crippen LogP contribution in [0.25, 0.3) is 0 Å². The Morgan fingerprint density at radius 1 is 1.28 bits per heavy atom. The van der Waals surface area contributed by atoms with Crippen molar-refractivity contribution in [3.63, 3.8) is 0 Å². The van der Waals surface area contributed by atoms with E-state index < -0.39 is 9.84 Å². The lowest BCUT2D eigenvalue weighted by Gasteiger charge is -2.25. The van der Waals surface area contributed by atoms with Crippen LogP contribution in [0.3, 0.4) is 0 Å². The summed E-state index contributed by atoms with van der Waals surface area (Å²) in [7, 11) is -1.09. The molecular formula is C17H19N5O2S. The summed E-state index contributed by atoms with van der Waals surface area (Å²) in [6, 6.07) is 10.9. The van der Waals surface area contributed by atoms with E-state index in [9.17, 15) is 8.42 Å². The van der Waals surface area contributed by atoms with Gasteiger partial charge in [-0.1, -0.05) is 0 Å². The Kier molecular flexibility index (Phi) is 4.59. The summed E-state index contributed by atoms with van der Waals surface area (Å²) < 4.78 is 23.4. The molecular weight excluding hydrogens is 338 g/mol. The van der Waals surface area contributed by atoms with Gasteiger partial charge in [-0.15, -0.1) is 0 Å². The summed E-state index contributed by atoms with van der Waals surface area (Å²) in [5, 5.41) is 12.0. The molecule has 0 aliphatic carbocycles. The van der Waals surface area contributed by atoms with Crippen LogP contribution in [0.1, 0.15) is 17.8 Å². The van der Waals surface area contributed by atoms with Gasteiger partial charge in [0, 0.05) is 24.8 Å². The molecule has 0 saturated carbocycles. The van der Waals surface area contributed by atoms with Crippen molar-refractivity contribution in [3.8, 4) is 6.07 Å². The lowest BCUT2D eigenvalue weighted by Crippen LogP contribution is -2.33. The zero-order valence-corrected chi connectivity index (χ0v) is 14.9. The lowest BCUT2D eigenvalue weighted by atomic mass is 10.2. The Morgan fingerprint density at radius 2 is 2.00 bits per heavy atom. The van der Waals surface area contributed by atoms with E-state index in [1.54, 1.807) is 25.1 Å². The molecule has 0 spiro atoms. The first-order chi connectivity index (χ1) is 11.9. The highest BCUT2D eigenvalue weighted by molar-refractivity contribution is 7.91. The first kappa shape index (κ1) is 17.2. The first-order valence-corrected chi connectivity index (χ1v) is 9.74. The van der Waals surface area contributed by atoms with E-state index >= 15 is 0 Å². The highest BCUT2D eigenvalue weighted by Gasteiger charge is 2.31. The number of rotatable bonds is 4. The van der Waals surface area contributed by atoms with Gasteiger partial charge in [0.2, 0.25) is 0 Å². The molecule has 3 rings (SSSR count). The average Bonchev–Trinajstić information content (AvgIpc) is 2.94. The number of hydrogen-bond donors (Lipinski definition) is 1. The van der Waals surface area contributed by atoms with E-state index in [0.717, 1.165) is 5.69 Å². The topological polar surface area (TPSA) is 99.0 Å². The maximum atomic E-state index is 11.7. The molecule has 8 heteroatoms. The maximum absolute atomic E-state index is 11.7. The summed E-state index contributed by atoms with van der Waals surface area (Å²) in [5.41, 5.74) is 1.40. The van der Waals surface area contributed by atoms with Crippen LogP contribution < -0.4 is 10.2 Å². The van der Waals surface area contributed by atoms with Gasteiger partial charge in [0.15, 0.2) is 9.84 Å². The van der Waals surface area contributed by atoms with Gasteiger partial charge in [0.25, 0.3) is 0 Å². The molecule has 1 aromatic carbocycles. The van der Waals surface area contributed by atoms with E-state index in [2.05, 4.69) is 21.4 Å². The monoisotopic (exact) mass is 357 g/mol. The van der Waals surface area contributed by atoms with Crippen molar-refractivity contribution < 1.29 is 8.42 Å². The van der Waals surface area contributed by atoms with E-state index in [1.807, 2.05) is 24.1 Å². The molecule has 2 heterocycles. The molecule has 1 unspecified atom stereocenters. The SMILES string of the molecule is Cc1nc(Nc2ccc(C#N)cc2)cc(N(C)C2CCS(=O)(=O)C2)n1. The number of sulfone groups is 1. The second kappa shape index (κ2) is 6.69. The Bertz CT molecular complexity index is 919. The number of anilines is 3. The highest BCUT2D eigenvalue weighted by Crippen LogP contribution is 2.24. The van der Waals surface area contributed by atoms with Crippen LogP contribution in [-0.4, -0.2) is 43.0 Å². The van der Waals surface area contributed by atoms with Crippen LogP contribution in [0.4, 0.5) is 17.3 Å². The van der Waals surface area contributed by atoms with Crippen LogP contribution in [0.5, 0.6) is 0 Å². The van der Waals surface area contributed by atoms with Gasteiger partial charge >= 0.3 is 0 Å². The molecule has 2 aromatic rings. The molecule has 1 fully saturated rings. The van der Waals surface area contributed by atoms with Crippen molar-refractivity contribution in [3.05, 3.63) is 41.7 Å². The third kappa shape index (κ3) is 4.06. The summed E-state index contributed by atoms with van der Waals surface area (Å²) in [5.74, 6) is 2.29. The van der Waals surface area contributed by atoms with Gasteiger partial charge in [0.1, 0.15) is 17.5 Å². The summed E-state index contributed by atoms with van der Waals surface area (Å²) in [4.78, 5) is 10.7. The van der Waals surface area contributed by atoms with Crippen molar-refractivity contribution in [2.75, 3.05) is 28.8 Å². The second-order valence-corrected chi connectivity index (χ2v) is 8.37. The van der Waals surface area contributed by atoms with E-state index in [4.69, 9.17) is 5.26 Å². The zero-order chi connectivity index (χ0) is 18.0. The summed E-state index contributed by atoms with van der Waals surface area (Å²) in [6.07, 6.45) is 0.611. The normalized spacial score (nSPS) is 18.5. The summed E-state index contributed by atoms with van der Waals surface area (Å²) in [6.45, 7) is 1.80. The van der Waals surface area contributed by atoms with Crippen LogP contribution in [-0.2, 0) is 9.84 Å². The van der Waals surface area contributed by atoms with Crippen molar-refractivity contribution in [1.82, 2.24) is 9.97 Å². The van der Waals surface area contributed by atoms with E-state index in [0.29, 0.717) is 29.4 Å². The molecule has 25 heavy (non-hydrogen) atoms. The number of benzene rings is 1. The average molecular weight is 357 g/mol. The molecule has 0 bridgehead atoms. The Labute approximate surface area is 147 Å². The van der Waals surface area contributed by atoms with E-state index in [1.165, 1.54) is 0 Å². The largest absolute Gasteiger partial charge is 0.355 e. The van der Waals surface area contributed by atoms with Gasteiger partial charge in [-0.25, -0.2) is 18.4 Å². The molecule has 1 aromatic heterocycles. The van der Waals surface area contributed by atoms with Crippen LogP contribution >= 0.6 is 0 Å². The molecule has 1 saturated heterocycles. The van der Waals surface area contributed by atoms with Crippen molar-refractivity contribution in [2.45, 2.75) is 19.4 Å². The van der Waals surface area contributed by atoms with Crippen LogP contribution in [0.15, 0.2) is 30.3 Å². The molecule has 130 valence electrons. The Morgan fingerprint density at radius 3 is 2.60 bits per heavy atom. The number of nitriles is 1. The minimum atomic E-state index is -2.95. The van der Waals surface area contributed by atoms with Crippen LogP contribution in [0, 0.1) is 18.3 Å². The number of aromatic nitrogens is 2. The molecule has 1 atom stereocenters. The highest BCUT2D eigenvalue weighted by atomic mass is 32.2. The molecule has 0 amide bonds. The standard InChI is InChI=1S/C17H19N5O2S/c1-12-19-16(21-14-5-3-13(10-18)4-6-14)9-17(20-12)22(2)15-7-8-25(23,24)11-15/h3-6,9,15H,7-8,11H2,1-2H3,(H,19,20,21). The van der Waals surface area contributed by atoms with Crippen molar-refractivity contribution >= 4 is 27.2 Å². The predicted molar refractivity (Wildman–Crippen MR) is 96.7 cm³/mol. The van der Waals surface area contributed by atoms with Gasteiger partial charge in [-0.3, -0.25) is 0 Å². The third-order valence-electron chi connectivity index (χ3n) is 4.23. The molecule has 7 nitrogen and oxygen atoms in total. The van der Waals surface area contributed by atoms with Crippen molar-refractivity contribution in [2.24, 2.45) is 0 Å². The third-order valence-corrected chi connectivity index (χ3v) is 5.98. The predicted octanol–water partition coefficient (Wildman–Crippen LogP) is 2.02. The fourth-order valence-electron chi connectivity index (χ4n) is 2.84. The fourth-order valence-corrected chi connectivity index (χ4v) is 4.61. The number of hydrogen-bond acceptors (Lipinski definition) is 7. The number of nitrogens with zero attached hydrogens (tertiary/aromatic N) is 4. The summed E-state index contributed by atoms with van der Waals surface area (Å²) >= 11 is 0. The van der Waals surface area contributed by atoms with Crippen molar-refractivity contribution in [1.29, 1.82) is 5.26 Å². The fraction of sp³-hybridized carbons (Fsp3) is 0.353. The molecule has 1 aliphatic heterocycles. The molecule has 1 aliphatic rings. The van der Waals surface area contributed by atoms with E-state index in [-0.39, 0.29) is 17.5 Å². The van der Waals surface area contributed by atoms with Gasteiger partial charge < -0.3 is 10.2 Å². The maximum Gasteiger partial charge on any atom is 0.152 e. The second-order valence-electron chi connectivity index (χ2n) is 6.14. The van der Waals surface area contributed by atoms with Crippen LogP contribution in [0.2, 0.25) is 0 Å². The molecule has 0 radical (unpaired) electrons. The lowest BCUT2D eigenvalue weighted by molar-refractivity contribution is 0.600. The number of nitrogens with one attached hydrogen (secondary N) is 1. The van der Waals surface area contributed by atoms with Gasteiger partial charge in [0.05, 0.1) is 23.1 Å². The molecule has 1 N–H and O–H groups in total. The Balaban J connectivity index is 1.81.